The van der Waals surface area contributed by atoms with E-state index in [2.05, 4.69) is 5.32 Å². The van der Waals surface area contributed by atoms with E-state index in [4.69, 9.17) is 25.5 Å². The first kappa shape index (κ1) is 19.2. The molecule has 0 aliphatic heterocycles. The highest BCUT2D eigenvalue weighted by molar-refractivity contribution is 6.32. The summed E-state index contributed by atoms with van der Waals surface area (Å²) < 4.78 is 17.0. The predicted octanol–water partition coefficient (Wildman–Crippen LogP) is 5.88. The molecule has 4 rings (SSSR count). The molecular weight excluding hydrogens is 390 g/mol. The van der Waals surface area contributed by atoms with Crippen molar-refractivity contribution in [3.8, 4) is 11.5 Å². The quantitative estimate of drug-likeness (QED) is 0.447. The van der Waals surface area contributed by atoms with Crippen molar-refractivity contribution in [2.45, 2.75) is 13.8 Å². The number of hydrogen-bond acceptors (Lipinski definition) is 4. The van der Waals surface area contributed by atoms with Crippen molar-refractivity contribution in [2.24, 2.45) is 0 Å². The number of benzene rings is 3. The zero-order valence-corrected chi connectivity index (χ0v) is 17.1. The van der Waals surface area contributed by atoms with Crippen molar-refractivity contribution in [1.82, 2.24) is 0 Å². The normalized spacial score (nSPS) is 11.0. The van der Waals surface area contributed by atoms with Gasteiger partial charge in [0, 0.05) is 21.9 Å². The lowest BCUT2D eigenvalue weighted by Gasteiger charge is -2.12. The van der Waals surface area contributed by atoms with Gasteiger partial charge in [-0.25, -0.2) is 0 Å². The van der Waals surface area contributed by atoms with Crippen LogP contribution >= 0.6 is 11.6 Å². The van der Waals surface area contributed by atoms with Crippen LogP contribution in [0.25, 0.3) is 21.9 Å². The highest BCUT2D eigenvalue weighted by Crippen LogP contribution is 2.36. The summed E-state index contributed by atoms with van der Waals surface area (Å²) in [5.74, 6) is 0.846. The first-order valence-electron chi connectivity index (χ1n) is 9.15. The zero-order valence-electron chi connectivity index (χ0n) is 16.3. The number of carbonyl (C=O) groups is 1. The number of halogens is 1. The van der Waals surface area contributed by atoms with E-state index in [0.29, 0.717) is 27.8 Å². The van der Waals surface area contributed by atoms with E-state index >= 15 is 0 Å². The highest BCUT2D eigenvalue weighted by atomic mass is 35.5. The molecule has 3 aromatic carbocycles. The van der Waals surface area contributed by atoms with Gasteiger partial charge in [-0.3, -0.25) is 4.79 Å². The number of para-hydroxylation sites is 1. The van der Waals surface area contributed by atoms with Crippen LogP contribution in [0.5, 0.6) is 11.5 Å². The molecule has 0 spiro atoms. The lowest BCUT2D eigenvalue weighted by Crippen LogP contribution is -2.20. The number of methoxy groups -OCH3 is 1. The molecule has 1 N–H and O–H groups in total. The number of aryl methyl sites for hydroxylation is 2. The van der Waals surface area contributed by atoms with E-state index in [9.17, 15) is 4.79 Å². The molecule has 0 radical (unpaired) electrons. The van der Waals surface area contributed by atoms with E-state index in [1.54, 1.807) is 13.2 Å². The minimum atomic E-state index is -0.302. The van der Waals surface area contributed by atoms with Gasteiger partial charge in [-0.15, -0.1) is 0 Å². The average molecular weight is 410 g/mol. The topological polar surface area (TPSA) is 60.7 Å². The van der Waals surface area contributed by atoms with Gasteiger partial charge in [-0.1, -0.05) is 29.8 Å². The molecule has 0 atom stereocenters. The van der Waals surface area contributed by atoms with Crippen molar-refractivity contribution < 1.29 is 18.7 Å². The smallest absolute Gasteiger partial charge is 0.262 e. The Morgan fingerprint density at radius 2 is 1.76 bits per heavy atom. The highest BCUT2D eigenvalue weighted by Gasteiger charge is 2.14. The summed E-state index contributed by atoms with van der Waals surface area (Å²) in [4.78, 5) is 12.5. The molecule has 5 nitrogen and oxygen atoms in total. The van der Waals surface area contributed by atoms with Crippen molar-refractivity contribution in [1.29, 1.82) is 0 Å². The number of anilines is 1. The molecule has 0 aliphatic rings. The fourth-order valence-electron chi connectivity index (χ4n) is 3.34. The van der Waals surface area contributed by atoms with E-state index in [1.165, 1.54) is 0 Å². The molecule has 0 fully saturated rings. The summed E-state index contributed by atoms with van der Waals surface area (Å²) in [5, 5.41) is 5.46. The summed E-state index contributed by atoms with van der Waals surface area (Å²) in [5.41, 5.74) is 3.78. The van der Waals surface area contributed by atoms with Gasteiger partial charge >= 0.3 is 0 Å². The van der Waals surface area contributed by atoms with E-state index in [-0.39, 0.29) is 12.5 Å². The lowest BCUT2D eigenvalue weighted by molar-refractivity contribution is -0.118. The van der Waals surface area contributed by atoms with Crippen LogP contribution in [0.4, 0.5) is 5.69 Å². The van der Waals surface area contributed by atoms with Gasteiger partial charge in [-0.05, 0) is 49.2 Å². The van der Waals surface area contributed by atoms with Gasteiger partial charge < -0.3 is 19.2 Å². The summed E-state index contributed by atoms with van der Waals surface area (Å²) in [7, 11) is 1.56. The van der Waals surface area contributed by atoms with Crippen molar-refractivity contribution in [3.05, 3.63) is 64.7 Å². The minimum Gasteiger partial charge on any atom is -0.495 e. The van der Waals surface area contributed by atoms with Crippen LogP contribution in [-0.2, 0) is 4.79 Å². The van der Waals surface area contributed by atoms with Crippen LogP contribution in [0.1, 0.15) is 11.1 Å². The molecule has 4 aromatic rings. The monoisotopic (exact) mass is 409 g/mol. The summed E-state index contributed by atoms with van der Waals surface area (Å²) in [6.07, 6.45) is 0. The third kappa shape index (κ3) is 3.74. The number of amides is 1. The first-order chi connectivity index (χ1) is 14.0. The maximum atomic E-state index is 12.5. The number of nitrogens with one attached hydrogen (secondary N) is 1. The Balaban J connectivity index is 1.55. The molecule has 29 heavy (non-hydrogen) atoms. The number of carbonyl (C=O) groups excluding carboxylic acids is 1. The van der Waals surface area contributed by atoms with Crippen molar-refractivity contribution >= 4 is 45.1 Å². The molecule has 6 heteroatoms. The molecule has 1 heterocycles. The summed E-state index contributed by atoms with van der Waals surface area (Å²) in [6.45, 7) is 3.66. The van der Waals surface area contributed by atoms with Gasteiger partial charge in [0.05, 0.1) is 12.8 Å². The number of rotatable bonds is 5. The second-order valence-corrected chi connectivity index (χ2v) is 7.23. The zero-order chi connectivity index (χ0) is 20.5. The lowest BCUT2D eigenvalue weighted by atomic mass is 10.1. The molecule has 1 aromatic heterocycles. The van der Waals surface area contributed by atoms with Gasteiger partial charge in [-0.2, -0.15) is 0 Å². The van der Waals surface area contributed by atoms with Crippen LogP contribution in [0.3, 0.4) is 0 Å². The van der Waals surface area contributed by atoms with E-state index in [1.807, 2.05) is 56.3 Å². The van der Waals surface area contributed by atoms with E-state index < -0.39 is 0 Å². The van der Waals surface area contributed by atoms with E-state index in [0.717, 1.165) is 27.5 Å². The minimum absolute atomic E-state index is 0.137. The van der Waals surface area contributed by atoms with Gasteiger partial charge in [0.25, 0.3) is 5.91 Å². The Morgan fingerprint density at radius 1 is 1.03 bits per heavy atom. The Bertz CT molecular complexity index is 1210. The Labute approximate surface area is 173 Å². The number of fused-ring (bicyclic) bond motifs is 3. The molecule has 0 aliphatic carbocycles. The first-order valence-corrected chi connectivity index (χ1v) is 9.52. The molecule has 1 amide bonds. The second kappa shape index (κ2) is 7.68. The van der Waals surface area contributed by atoms with Crippen LogP contribution in [0.15, 0.2) is 52.9 Å². The summed E-state index contributed by atoms with van der Waals surface area (Å²) >= 11 is 6.17. The van der Waals surface area contributed by atoms with Crippen LogP contribution in [0, 0.1) is 13.8 Å². The third-order valence-corrected chi connectivity index (χ3v) is 5.35. The SMILES string of the molecule is COc1cc2c(cc1NC(=O)COc1cc(C)c(Cl)c(C)c1)oc1ccccc12. The molecule has 0 unspecified atom stereocenters. The van der Waals surface area contributed by atoms with Gasteiger partial charge in [0.1, 0.15) is 22.7 Å². The fraction of sp³-hybridized carbons (Fsp3) is 0.174. The van der Waals surface area contributed by atoms with Gasteiger partial charge in [0.15, 0.2) is 6.61 Å². The number of furan rings is 1. The Hall–Kier alpha value is -3.18. The number of ether oxygens (including phenoxy) is 2. The molecular formula is C23H20ClNO4. The largest absolute Gasteiger partial charge is 0.495 e. The van der Waals surface area contributed by atoms with Crippen molar-refractivity contribution in [3.63, 3.8) is 0 Å². The van der Waals surface area contributed by atoms with Gasteiger partial charge in [0.2, 0.25) is 0 Å². The average Bonchev–Trinajstić information content (AvgIpc) is 3.07. The number of hydrogen-bond donors (Lipinski definition) is 1. The summed E-state index contributed by atoms with van der Waals surface area (Å²) in [6, 6.07) is 15.0. The third-order valence-electron chi connectivity index (χ3n) is 4.75. The van der Waals surface area contributed by atoms with Crippen LogP contribution in [-0.4, -0.2) is 19.6 Å². The van der Waals surface area contributed by atoms with Crippen LogP contribution < -0.4 is 14.8 Å². The maximum absolute atomic E-state index is 12.5. The second-order valence-electron chi connectivity index (χ2n) is 6.85. The van der Waals surface area contributed by atoms with Crippen LogP contribution in [0.2, 0.25) is 5.02 Å². The maximum Gasteiger partial charge on any atom is 0.262 e. The Kier molecular flexibility index (Phi) is 5.07. The van der Waals surface area contributed by atoms with Crippen molar-refractivity contribution in [2.75, 3.05) is 19.0 Å². The molecule has 0 saturated carbocycles. The standard InChI is InChI=1S/C23H20ClNO4/c1-13-8-15(9-14(2)23(13)24)28-12-22(26)25-18-11-20-17(10-21(18)27-3)16-6-4-5-7-19(16)29-20/h4-11H,12H2,1-3H3,(H,25,26). The molecule has 0 bridgehead atoms. The predicted molar refractivity (Wildman–Crippen MR) is 115 cm³/mol. The molecule has 148 valence electrons. The fourth-order valence-corrected chi connectivity index (χ4v) is 3.45. The Morgan fingerprint density at radius 3 is 2.48 bits per heavy atom. The molecule has 0 saturated heterocycles.